The van der Waals surface area contributed by atoms with E-state index in [-0.39, 0.29) is 17.5 Å². The van der Waals surface area contributed by atoms with E-state index in [9.17, 15) is 4.79 Å². The fourth-order valence-corrected chi connectivity index (χ4v) is 4.69. The number of rotatable bonds is 5. The van der Waals surface area contributed by atoms with Crippen LogP contribution in [-0.2, 0) is 24.2 Å². The molecule has 4 rings (SSSR count). The average molecular weight is 347 g/mol. The van der Waals surface area contributed by atoms with Gasteiger partial charge in [0, 0.05) is 31.0 Å². The molecule has 2 heterocycles. The molecule has 0 bridgehead atoms. The molecule has 2 unspecified atom stereocenters. The molecular weight excluding hydrogens is 318 g/mol. The standard InChI is InChI=1S/C18H29N5O2/c1-2-25-14-11-13(18(14)8-6-9-18)20-17(24)19-12-16-22-21-15-7-4-3-5-10-23(15)16/h13-14H,2-12H2,1H3,(H2,19,20,24). The van der Waals surface area contributed by atoms with Crippen molar-refractivity contribution in [3.8, 4) is 0 Å². The number of carbonyl (C=O) groups excluding carboxylic acids is 1. The molecule has 7 nitrogen and oxygen atoms in total. The highest BCUT2D eigenvalue weighted by atomic mass is 16.5. The Morgan fingerprint density at radius 2 is 2.16 bits per heavy atom. The minimum atomic E-state index is -0.0998. The van der Waals surface area contributed by atoms with Gasteiger partial charge in [0.25, 0.3) is 0 Å². The first kappa shape index (κ1) is 16.8. The van der Waals surface area contributed by atoms with Gasteiger partial charge in [-0.15, -0.1) is 10.2 Å². The zero-order valence-corrected chi connectivity index (χ0v) is 15.1. The van der Waals surface area contributed by atoms with Crippen LogP contribution in [0.4, 0.5) is 4.79 Å². The quantitative estimate of drug-likeness (QED) is 0.855. The number of fused-ring (bicyclic) bond motifs is 1. The van der Waals surface area contributed by atoms with E-state index in [4.69, 9.17) is 4.74 Å². The molecule has 2 N–H and O–H groups in total. The first-order valence-electron chi connectivity index (χ1n) is 9.80. The van der Waals surface area contributed by atoms with Crippen LogP contribution < -0.4 is 10.6 Å². The molecule has 1 aromatic rings. The molecule has 2 atom stereocenters. The molecule has 0 aromatic carbocycles. The highest BCUT2D eigenvalue weighted by molar-refractivity contribution is 5.74. The molecule has 2 aliphatic carbocycles. The lowest BCUT2D eigenvalue weighted by Crippen LogP contribution is -2.68. The van der Waals surface area contributed by atoms with Crippen LogP contribution in [0.25, 0.3) is 0 Å². The SMILES string of the molecule is CCOC1CC(NC(=O)NCc2nnc3n2CCCCC3)C12CCC2. The number of urea groups is 1. The molecule has 0 radical (unpaired) electrons. The topological polar surface area (TPSA) is 81.1 Å². The highest BCUT2D eigenvalue weighted by Gasteiger charge is 2.59. The number of aromatic nitrogens is 3. The summed E-state index contributed by atoms with van der Waals surface area (Å²) >= 11 is 0. The molecule has 1 aromatic heterocycles. The smallest absolute Gasteiger partial charge is 0.315 e. The fourth-order valence-electron chi connectivity index (χ4n) is 4.69. The lowest BCUT2D eigenvalue weighted by atomic mass is 9.51. The Morgan fingerprint density at radius 1 is 1.28 bits per heavy atom. The van der Waals surface area contributed by atoms with Crippen molar-refractivity contribution in [3.63, 3.8) is 0 Å². The average Bonchev–Trinajstić information content (AvgIpc) is 2.77. The number of hydrogen-bond acceptors (Lipinski definition) is 4. The highest BCUT2D eigenvalue weighted by Crippen LogP contribution is 2.57. The number of nitrogens with zero attached hydrogens (tertiary/aromatic N) is 3. The van der Waals surface area contributed by atoms with Gasteiger partial charge in [0.1, 0.15) is 5.82 Å². The monoisotopic (exact) mass is 347 g/mol. The van der Waals surface area contributed by atoms with Crippen molar-refractivity contribution >= 4 is 6.03 Å². The van der Waals surface area contributed by atoms with E-state index in [0.717, 1.165) is 44.1 Å². The summed E-state index contributed by atoms with van der Waals surface area (Å²) < 4.78 is 8.02. The maximum Gasteiger partial charge on any atom is 0.315 e. The van der Waals surface area contributed by atoms with Crippen molar-refractivity contribution < 1.29 is 9.53 Å². The zero-order valence-electron chi connectivity index (χ0n) is 15.1. The number of carbonyl (C=O) groups is 1. The number of aryl methyl sites for hydroxylation is 1. The van der Waals surface area contributed by atoms with Crippen molar-refractivity contribution in [2.24, 2.45) is 5.41 Å². The largest absolute Gasteiger partial charge is 0.378 e. The molecule has 2 amide bonds. The summed E-state index contributed by atoms with van der Waals surface area (Å²) in [6.07, 6.45) is 9.40. The maximum absolute atomic E-state index is 12.3. The lowest BCUT2D eigenvalue weighted by Gasteiger charge is -2.60. The molecule has 2 fully saturated rings. The van der Waals surface area contributed by atoms with Crippen LogP contribution in [0.5, 0.6) is 0 Å². The second kappa shape index (κ2) is 6.94. The van der Waals surface area contributed by atoms with E-state index in [1.165, 1.54) is 32.1 Å². The van der Waals surface area contributed by atoms with Crippen LogP contribution in [0.15, 0.2) is 0 Å². The van der Waals surface area contributed by atoms with Gasteiger partial charge in [-0.2, -0.15) is 0 Å². The van der Waals surface area contributed by atoms with Crippen LogP contribution in [-0.4, -0.2) is 39.5 Å². The van der Waals surface area contributed by atoms with Gasteiger partial charge in [0.2, 0.25) is 0 Å². The Hall–Kier alpha value is -1.63. The third-order valence-corrected chi connectivity index (χ3v) is 6.34. The number of hydrogen-bond donors (Lipinski definition) is 2. The Bertz CT molecular complexity index is 625. The summed E-state index contributed by atoms with van der Waals surface area (Å²) in [5.74, 6) is 1.92. The summed E-state index contributed by atoms with van der Waals surface area (Å²) in [5, 5.41) is 14.7. The van der Waals surface area contributed by atoms with Crippen LogP contribution in [0, 0.1) is 5.41 Å². The third-order valence-electron chi connectivity index (χ3n) is 6.34. The first-order valence-corrected chi connectivity index (χ1v) is 9.80. The molecule has 1 aliphatic heterocycles. The second-order valence-electron chi connectivity index (χ2n) is 7.64. The molecule has 0 saturated heterocycles. The van der Waals surface area contributed by atoms with Crippen LogP contribution in [0.3, 0.4) is 0 Å². The predicted octanol–water partition coefficient (Wildman–Crippen LogP) is 2.15. The maximum atomic E-state index is 12.3. The second-order valence-corrected chi connectivity index (χ2v) is 7.64. The van der Waals surface area contributed by atoms with E-state index in [1.54, 1.807) is 0 Å². The van der Waals surface area contributed by atoms with Gasteiger partial charge in [-0.25, -0.2) is 4.79 Å². The molecule has 2 saturated carbocycles. The molecular formula is C18H29N5O2. The third kappa shape index (κ3) is 3.03. The Balaban J connectivity index is 1.30. The van der Waals surface area contributed by atoms with Gasteiger partial charge >= 0.3 is 6.03 Å². The van der Waals surface area contributed by atoms with Crippen LogP contribution in [0.1, 0.15) is 63.5 Å². The van der Waals surface area contributed by atoms with Crippen LogP contribution in [0.2, 0.25) is 0 Å². The van der Waals surface area contributed by atoms with Gasteiger partial charge in [0.15, 0.2) is 5.82 Å². The molecule has 3 aliphatic rings. The van der Waals surface area contributed by atoms with Crippen molar-refractivity contribution in [3.05, 3.63) is 11.6 Å². The minimum Gasteiger partial charge on any atom is -0.378 e. The molecule has 138 valence electrons. The van der Waals surface area contributed by atoms with Crippen molar-refractivity contribution in [1.29, 1.82) is 0 Å². The summed E-state index contributed by atoms with van der Waals surface area (Å²) in [7, 11) is 0. The van der Waals surface area contributed by atoms with Gasteiger partial charge in [-0.3, -0.25) is 0 Å². The van der Waals surface area contributed by atoms with E-state index in [0.29, 0.717) is 12.6 Å². The minimum absolute atomic E-state index is 0.0998. The van der Waals surface area contributed by atoms with Crippen molar-refractivity contribution in [2.45, 2.75) is 83.5 Å². The fraction of sp³-hybridized carbons (Fsp3) is 0.833. The Morgan fingerprint density at radius 3 is 2.92 bits per heavy atom. The normalized spacial score (nSPS) is 26.9. The van der Waals surface area contributed by atoms with Gasteiger partial charge in [0.05, 0.1) is 12.6 Å². The van der Waals surface area contributed by atoms with E-state index in [1.807, 2.05) is 6.92 Å². The molecule has 25 heavy (non-hydrogen) atoms. The number of nitrogens with one attached hydrogen (secondary N) is 2. The lowest BCUT2D eigenvalue weighted by molar-refractivity contribution is -0.169. The van der Waals surface area contributed by atoms with Crippen molar-refractivity contribution in [2.75, 3.05) is 6.61 Å². The zero-order chi connectivity index (χ0) is 17.3. The number of amides is 2. The predicted molar refractivity (Wildman–Crippen MR) is 93.1 cm³/mol. The van der Waals surface area contributed by atoms with Gasteiger partial charge in [-0.1, -0.05) is 12.8 Å². The summed E-state index contributed by atoms with van der Waals surface area (Å²) in [6, 6.07) is 0.144. The van der Waals surface area contributed by atoms with E-state index < -0.39 is 0 Å². The summed E-state index contributed by atoms with van der Waals surface area (Å²) in [5.41, 5.74) is 0.194. The Labute approximate surface area is 148 Å². The van der Waals surface area contributed by atoms with Crippen LogP contribution >= 0.6 is 0 Å². The molecule has 7 heteroatoms. The van der Waals surface area contributed by atoms with Gasteiger partial charge < -0.3 is 19.9 Å². The van der Waals surface area contributed by atoms with Gasteiger partial charge in [-0.05, 0) is 39.0 Å². The Kier molecular flexibility index (Phi) is 4.67. The summed E-state index contributed by atoms with van der Waals surface area (Å²) in [4.78, 5) is 12.3. The summed E-state index contributed by atoms with van der Waals surface area (Å²) in [6.45, 7) is 4.20. The first-order chi connectivity index (χ1) is 12.2. The van der Waals surface area contributed by atoms with E-state index >= 15 is 0 Å². The van der Waals surface area contributed by atoms with E-state index in [2.05, 4.69) is 25.4 Å². The molecule has 1 spiro atoms. The van der Waals surface area contributed by atoms with Crippen molar-refractivity contribution in [1.82, 2.24) is 25.4 Å². The number of ether oxygens (including phenoxy) is 1.